The van der Waals surface area contributed by atoms with Gasteiger partial charge in [-0.1, -0.05) is 18.5 Å². The number of likely N-dealkylation sites (tertiary alicyclic amines) is 2. The SMILES string of the molecule is CC1CCN(C(=O)C2CCN(C(=O)c3cnn(-c4ccc(Cl)cc4)c3C(F)(F)F)CC2)CC1. The Morgan fingerprint density at radius 1 is 0.970 bits per heavy atom. The van der Waals surface area contributed by atoms with Crippen molar-refractivity contribution in [1.29, 1.82) is 0 Å². The van der Waals surface area contributed by atoms with Crippen molar-refractivity contribution in [2.75, 3.05) is 26.2 Å². The van der Waals surface area contributed by atoms with Crippen LogP contribution >= 0.6 is 11.6 Å². The first kappa shape index (κ1) is 23.6. The van der Waals surface area contributed by atoms with Crippen molar-refractivity contribution in [2.45, 2.75) is 38.8 Å². The van der Waals surface area contributed by atoms with E-state index in [-0.39, 0.29) is 30.6 Å². The van der Waals surface area contributed by atoms with Gasteiger partial charge in [0.2, 0.25) is 5.91 Å². The first-order chi connectivity index (χ1) is 15.6. The fourth-order valence-corrected chi connectivity index (χ4v) is 4.67. The summed E-state index contributed by atoms with van der Waals surface area (Å²) in [5, 5.41) is 4.24. The summed E-state index contributed by atoms with van der Waals surface area (Å²) >= 11 is 5.84. The second-order valence-corrected chi connectivity index (χ2v) is 9.30. The standard InChI is InChI=1S/C23H26ClF3N4O2/c1-15-6-10-29(11-7-15)21(32)16-8-12-30(13-9-16)22(33)19-14-28-31(20(19)23(25,26)27)18-4-2-17(24)3-5-18/h2-5,14-16H,6-13H2,1H3. The molecule has 0 unspecified atom stereocenters. The van der Waals surface area contributed by atoms with E-state index in [1.54, 1.807) is 0 Å². The second kappa shape index (κ2) is 9.37. The van der Waals surface area contributed by atoms with Gasteiger partial charge in [0, 0.05) is 37.1 Å². The number of piperidine rings is 2. The number of carbonyl (C=O) groups is 2. The van der Waals surface area contributed by atoms with Gasteiger partial charge in [-0.15, -0.1) is 0 Å². The molecule has 1 aromatic carbocycles. The van der Waals surface area contributed by atoms with E-state index in [9.17, 15) is 22.8 Å². The Labute approximate surface area is 195 Å². The van der Waals surface area contributed by atoms with Gasteiger partial charge in [-0.05, 0) is 55.9 Å². The van der Waals surface area contributed by atoms with Gasteiger partial charge in [-0.2, -0.15) is 18.3 Å². The van der Waals surface area contributed by atoms with Gasteiger partial charge in [0.15, 0.2) is 5.69 Å². The summed E-state index contributed by atoms with van der Waals surface area (Å²) in [5.74, 6) is -0.202. The Kier molecular flexibility index (Phi) is 6.70. The molecule has 2 fully saturated rings. The Morgan fingerprint density at radius 3 is 2.12 bits per heavy atom. The Hall–Kier alpha value is -2.55. The van der Waals surface area contributed by atoms with Crippen molar-refractivity contribution < 1.29 is 22.8 Å². The maximum Gasteiger partial charge on any atom is 0.434 e. The molecule has 178 valence electrons. The minimum Gasteiger partial charge on any atom is -0.342 e. The lowest BCUT2D eigenvalue weighted by Gasteiger charge is -2.36. The van der Waals surface area contributed by atoms with Gasteiger partial charge in [0.05, 0.1) is 17.4 Å². The number of amides is 2. The smallest absolute Gasteiger partial charge is 0.342 e. The molecule has 2 amide bonds. The van der Waals surface area contributed by atoms with Crippen molar-refractivity contribution in [1.82, 2.24) is 19.6 Å². The molecule has 1 aromatic heterocycles. The fourth-order valence-electron chi connectivity index (χ4n) is 4.54. The Morgan fingerprint density at radius 2 is 1.55 bits per heavy atom. The maximum atomic E-state index is 13.9. The number of aromatic nitrogens is 2. The van der Waals surface area contributed by atoms with Crippen LogP contribution in [0.4, 0.5) is 13.2 Å². The minimum absolute atomic E-state index is 0.0977. The summed E-state index contributed by atoms with van der Waals surface area (Å²) in [6.45, 7) is 4.15. The quantitative estimate of drug-likeness (QED) is 0.639. The molecule has 0 saturated carbocycles. The molecule has 0 atom stereocenters. The molecule has 2 aromatic rings. The first-order valence-corrected chi connectivity index (χ1v) is 11.5. The average Bonchev–Trinajstić information content (AvgIpc) is 3.25. The third-order valence-electron chi connectivity index (χ3n) is 6.57. The molecule has 10 heteroatoms. The first-order valence-electron chi connectivity index (χ1n) is 11.1. The van der Waals surface area contributed by atoms with Crippen molar-refractivity contribution in [3.8, 4) is 5.69 Å². The zero-order valence-corrected chi connectivity index (χ0v) is 19.1. The largest absolute Gasteiger partial charge is 0.434 e. The van der Waals surface area contributed by atoms with Crippen LogP contribution in [0.2, 0.25) is 5.02 Å². The normalized spacial score (nSPS) is 18.6. The third-order valence-corrected chi connectivity index (χ3v) is 6.82. The fraction of sp³-hybridized carbons (Fsp3) is 0.522. The number of alkyl halides is 3. The van der Waals surface area contributed by atoms with Crippen LogP contribution in [-0.2, 0) is 11.0 Å². The van der Waals surface area contributed by atoms with E-state index in [4.69, 9.17) is 11.6 Å². The van der Waals surface area contributed by atoms with E-state index in [0.717, 1.165) is 36.8 Å². The summed E-state index contributed by atoms with van der Waals surface area (Å²) in [4.78, 5) is 29.1. The topological polar surface area (TPSA) is 58.4 Å². The molecule has 0 N–H and O–H groups in total. The predicted molar refractivity (Wildman–Crippen MR) is 117 cm³/mol. The van der Waals surface area contributed by atoms with Crippen LogP contribution < -0.4 is 0 Å². The van der Waals surface area contributed by atoms with Gasteiger partial charge in [0.1, 0.15) is 0 Å². The van der Waals surface area contributed by atoms with Gasteiger partial charge in [-0.3, -0.25) is 9.59 Å². The number of benzene rings is 1. The summed E-state index contributed by atoms with van der Waals surface area (Å²) < 4.78 is 42.5. The number of hydrogen-bond acceptors (Lipinski definition) is 3. The highest BCUT2D eigenvalue weighted by molar-refractivity contribution is 6.30. The molecule has 2 aliphatic heterocycles. The van der Waals surface area contributed by atoms with Crippen LogP contribution in [-0.4, -0.2) is 57.6 Å². The summed E-state index contributed by atoms with van der Waals surface area (Å²) in [6, 6.07) is 5.75. The third kappa shape index (κ3) is 5.03. The van der Waals surface area contributed by atoms with Crippen LogP contribution in [0.25, 0.3) is 5.69 Å². The van der Waals surface area contributed by atoms with E-state index in [2.05, 4.69) is 12.0 Å². The second-order valence-electron chi connectivity index (χ2n) is 8.87. The zero-order chi connectivity index (χ0) is 23.8. The van der Waals surface area contributed by atoms with E-state index in [0.29, 0.717) is 23.8 Å². The molecule has 0 aliphatic carbocycles. The molecule has 4 rings (SSSR count). The van der Waals surface area contributed by atoms with Crippen molar-refractivity contribution in [2.24, 2.45) is 11.8 Å². The molecule has 0 radical (unpaired) electrons. The van der Waals surface area contributed by atoms with Crippen molar-refractivity contribution in [3.05, 3.63) is 46.7 Å². The Balaban J connectivity index is 1.48. The highest BCUT2D eigenvalue weighted by atomic mass is 35.5. The van der Waals surface area contributed by atoms with E-state index < -0.39 is 23.3 Å². The number of nitrogens with zero attached hydrogens (tertiary/aromatic N) is 4. The van der Waals surface area contributed by atoms with Crippen LogP contribution in [0.15, 0.2) is 30.5 Å². The molecule has 0 spiro atoms. The van der Waals surface area contributed by atoms with Crippen molar-refractivity contribution in [3.63, 3.8) is 0 Å². The van der Waals surface area contributed by atoms with Gasteiger partial charge in [-0.25, -0.2) is 4.68 Å². The molecule has 2 saturated heterocycles. The number of carbonyl (C=O) groups excluding carboxylic acids is 2. The average molecular weight is 483 g/mol. The van der Waals surface area contributed by atoms with Crippen LogP contribution in [0.3, 0.4) is 0 Å². The number of halogens is 4. The van der Waals surface area contributed by atoms with Gasteiger partial charge < -0.3 is 9.80 Å². The Bertz CT molecular complexity index is 1010. The van der Waals surface area contributed by atoms with E-state index in [1.807, 2.05) is 4.90 Å². The summed E-state index contributed by atoms with van der Waals surface area (Å²) in [6.07, 6.45) is -0.943. The molecule has 2 aliphatic rings. The molecule has 0 bridgehead atoms. The lowest BCUT2D eigenvalue weighted by molar-refractivity contribution is -0.143. The van der Waals surface area contributed by atoms with Gasteiger partial charge in [0.25, 0.3) is 5.91 Å². The molecule has 3 heterocycles. The highest BCUT2D eigenvalue weighted by Crippen LogP contribution is 2.35. The van der Waals surface area contributed by atoms with Crippen LogP contribution in [0.1, 0.15) is 48.7 Å². The lowest BCUT2D eigenvalue weighted by atomic mass is 9.92. The minimum atomic E-state index is -4.78. The lowest BCUT2D eigenvalue weighted by Crippen LogP contribution is -2.46. The van der Waals surface area contributed by atoms with Crippen molar-refractivity contribution >= 4 is 23.4 Å². The zero-order valence-electron chi connectivity index (χ0n) is 18.3. The van der Waals surface area contributed by atoms with E-state index >= 15 is 0 Å². The van der Waals surface area contributed by atoms with E-state index in [1.165, 1.54) is 29.2 Å². The van der Waals surface area contributed by atoms with Crippen LogP contribution in [0, 0.1) is 11.8 Å². The molecular formula is C23H26ClF3N4O2. The van der Waals surface area contributed by atoms with Gasteiger partial charge >= 0.3 is 6.18 Å². The molecular weight excluding hydrogens is 457 g/mol. The maximum absolute atomic E-state index is 13.9. The monoisotopic (exact) mass is 482 g/mol. The van der Waals surface area contributed by atoms with Crippen LogP contribution in [0.5, 0.6) is 0 Å². The number of rotatable bonds is 3. The summed E-state index contributed by atoms with van der Waals surface area (Å²) in [7, 11) is 0. The highest BCUT2D eigenvalue weighted by Gasteiger charge is 2.42. The summed E-state index contributed by atoms with van der Waals surface area (Å²) in [5.41, 5.74) is -1.45. The molecule has 6 nitrogen and oxygen atoms in total. The molecule has 33 heavy (non-hydrogen) atoms. The predicted octanol–water partition coefficient (Wildman–Crippen LogP) is 4.66. The number of hydrogen-bond donors (Lipinski definition) is 0.